The molecule has 1 aliphatic rings. The summed E-state index contributed by atoms with van der Waals surface area (Å²) in [6.07, 6.45) is 4.49. The molecular formula is C25H26N4O2. The van der Waals surface area contributed by atoms with Crippen molar-refractivity contribution in [2.45, 2.75) is 19.8 Å². The van der Waals surface area contributed by atoms with Crippen LogP contribution in [0.4, 0.5) is 5.82 Å². The van der Waals surface area contributed by atoms with Crippen LogP contribution in [0.1, 0.15) is 33.6 Å². The molecule has 0 atom stereocenters. The normalized spacial score (nSPS) is 14.2. The monoisotopic (exact) mass is 414 g/mol. The maximum absolute atomic E-state index is 12.8. The molecule has 31 heavy (non-hydrogen) atoms. The van der Waals surface area contributed by atoms with E-state index in [1.807, 2.05) is 48.2 Å². The molecule has 0 saturated carbocycles. The number of benzene rings is 1. The van der Waals surface area contributed by atoms with E-state index in [1.54, 1.807) is 30.6 Å². The number of hydrogen-bond donors (Lipinski definition) is 0. The number of carbonyl (C=O) groups excluding carboxylic acids is 2. The molecule has 2 aromatic heterocycles. The Hall–Kier alpha value is -3.54. The first kappa shape index (κ1) is 20.7. The number of aromatic nitrogens is 2. The zero-order valence-electron chi connectivity index (χ0n) is 17.7. The zero-order valence-corrected chi connectivity index (χ0v) is 17.7. The van der Waals surface area contributed by atoms with Gasteiger partial charge in [-0.1, -0.05) is 35.9 Å². The zero-order chi connectivity index (χ0) is 21.6. The fourth-order valence-electron chi connectivity index (χ4n) is 3.76. The van der Waals surface area contributed by atoms with Crippen molar-refractivity contribution in [3.05, 3.63) is 89.4 Å². The average molecular weight is 415 g/mol. The van der Waals surface area contributed by atoms with E-state index in [4.69, 9.17) is 0 Å². The van der Waals surface area contributed by atoms with Gasteiger partial charge in [-0.05, 0) is 43.2 Å². The van der Waals surface area contributed by atoms with Gasteiger partial charge in [0.25, 0.3) is 0 Å². The Morgan fingerprint density at radius 1 is 0.935 bits per heavy atom. The number of ketones is 1. The van der Waals surface area contributed by atoms with Gasteiger partial charge in [0, 0.05) is 44.1 Å². The summed E-state index contributed by atoms with van der Waals surface area (Å²) in [4.78, 5) is 38.2. The largest absolute Gasteiger partial charge is 0.355 e. The van der Waals surface area contributed by atoms with Gasteiger partial charge in [0.1, 0.15) is 11.5 Å². The summed E-state index contributed by atoms with van der Waals surface area (Å²) in [5.41, 5.74) is 3.16. The molecule has 4 rings (SSSR count). The Bertz CT molecular complexity index is 1050. The van der Waals surface area contributed by atoms with Crippen molar-refractivity contribution in [1.82, 2.24) is 14.9 Å². The van der Waals surface area contributed by atoms with Crippen molar-refractivity contribution in [3.63, 3.8) is 0 Å². The highest BCUT2D eigenvalue weighted by molar-refractivity contribution is 6.07. The van der Waals surface area contributed by atoms with E-state index in [2.05, 4.69) is 14.9 Å². The van der Waals surface area contributed by atoms with Crippen molar-refractivity contribution in [2.24, 2.45) is 0 Å². The topological polar surface area (TPSA) is 66.4 Å². The van der Waals surface area contributed by atoms with Crippen LogP contribution in [0.25, 0.3) is 0 Å². The van der Waals surface area contributed by atoms with Crippen LogP contribution in [0.3, 0.4) is 0 Å². The molecule has 1 aliphatic heterocycles. The van der Waals surface area contributed by atoms with Crippen LogP contribution in [0.15, 0.2) is 67.0 Å². The van der Waals surface area contributed by atoms with Gasteiger partial charge in [-0.2, -0.15) is 0 Å². The molecule has 0 bridgehead atoms. The molecule has 0 aliphatic carbocycles. The quantitative estimate of drug-likeness (QED) is 0.600. The number of carbonyl (C=O) groups is 2. The molecule has 158 valence electrons. The van der Waals surface area contributed by atoms with Crippen LogP contribution in [0.5, 0.6) is 0 Å². The molecule has 1 saturated heterocycles. The van der Waals surface area contributed by atoms with E-state index >= 15 is 0 Å². The van der Waals surface area contributed by atoms with Gasteiger partial charge in [-0.3, -0.25) is 14.6 Å². The van der Waals surface area contributed by atoms with Gasteiger partial charge in [0.2, 0.25) is 11.7 Å². The van der Waals surface area contributed by atoms with Crippen LogP contribution >= 0.6 is 0 Å². The van der Waals surface area contributed by atoms with Crippen LogP contribution in [-0.4, -0.2) is 52.7 Å². The summed E-state index contributed by atoms with van der Waals surface area (Å²) in [5, 5.41) is 0. The Labute approximate surface area is 182 Å². The van der Waals surface area contributed by atoms with Crippen molar-refractivity contribution in [2.75, 3.05) is 31.1 Å². The van der Waals surface area contributed by atoms with E-state index in [-0.39, 0.29) is 11.7 Å². The second kappa shape index (κ2) is 9.51. The van der Waals surface area contributed by atoms with Crippen LogP contribution in [0, 0.1) is 6.92 Å². The van der Waals surface area contributed by atoms with Crippen molar-refractivity contribution in [3.8, 4) is 0 Å². The number of aryl methyl sites for hydroxylation is 1. The fraction of sp³-hybridized carbons (Fsp3) is 0.280. The van der Waals surface area contributed by atoms with Crippen LogP contribution in [-0.2, 0) is 11.2 Å². The molecule has 3 aromatic rings. The number of anilines is 1. The number of nitrogens with zero attached hydrogens (tertiary/aromatic N) is 4. The summed E-state index contributed by atoms with van der Waals surface area (Å²) < 4.78 is 0. The molecule has 0 radical (unpaired) electrons. The minimum atomic E-state index is -0.139. The molecule has 1 amide bonds. The van der Waals surface area contributed by atoms with Crippen LogP contribution < -0.4 is 4.90 Å². The van der Waals surface area contributed by atoms with E-state index in [0.29, 0.717) is 30.8 Å². The van der Waals surface area contributed by atoms with Crippen molar-refractivity contribution in [1.29, 1.82) is 0 Å². The highest BCUT2D eigenvalue weighted by Gasteiger charge is 2.21. The molecule has 6 heteroatoms. The Morgan fingerprint density at radius 2 is 1.77 bits per heavy atom. The van der Waals surface area contributed by atoms with Gasteiger partial charge in [0.05, 0.1) is 6.42 Å². The van der Waals surface area contributed by atoms with Crippen LogP contribution in [0.2, 0.25) is 0 Å². The first-order valence-corrected chi connectivity index (χ1v) is 10.6. The molecular weight excluding hydrogens is 388 g/mol. The van der Waals surface area contributed by atoms with Gasteiger partial charge in [0.15, 0.2) is 0 Å². The summed E-state index contributed by atoms with van der Waals surface area (Å²) in [6.45, 7) is 4.91. The predicted molar refractivity (Wildman–Crippen MR) is 120 cm³/mol. The minimum absolute atomic E-state index is 0.139. The SMILES string of the molecule is Cc1ccc(CC(=O)N2CCCN(c3cccc(C(=O)c4cccnc4)n3)CC2)cc1. The Balaban J connectivity index is 1.41. The average Bonchev–Trinajstić information content (AvgIpc) is 3.07. The Morgan fingerprint density at radius 3 is 2.55 bits per heavy atom. The lowest BCUT2D eigenvalue weighted by molar-refractivity contribution is -0.130. The number of pyridine rings is 2. The molecule has 3 heterocycles. The van der Waals surface area contributed by atoms with Gasteiger partial charge in [-0.15, -0.1) is 0 Å². The predicted octanol–water partition coefficient (Wildman–Crippen LogP) is 3.30. The molecule has 1 fully saturated rings. The molecule has 0 unspecified atom stereocenters. The lowest BCUT2D eigenvalue weighted by atomic mass is 10.1. The van der Waals surface area contributed by atoms with Crippen molar-refractivity contribution < 1.29 is 9.59 Å². The summed E-state index contributed by atoms with van der Waals surface area (Å²) >= 11 is 0. The first-order chi connectivity index (χ1) is 15.1. The molecule has 0 spiro atoms. The number of amides is 1. The number of rotatable bonds is 5. The lowest BCUT2D eigenvalue weighted by Gasteiger charge is -2.23. The van der Waals surface area contributed by atoms with E-state index in [0.717, 1.165) is 30.9 Å². The van der Waals surface area contributed by atoms with Gasteiger partial charge < -0.3 is 9.80 Å². The standard InChI is InChI=1S/C25H26N4O2/c1-19-8-10-20(11-9-19)17-24(30)29-14-4-13-28(15-16-29)23-7-2-6-22(27-23)25(31)21-5-3-12-26-18-21/h2-3,5-12,18H,4,13-17H2,1H3. The summed E-state index contributed by atoms with van der Waals surface area (Å²) in [5.74, 6) is 0.779. The summed E-state index contributed by atoms with van der Waals surface area (Å²) in [7, 11) is 0. The maximum Gasteiger partial charge on any atom is 0.227 e. The molecule has 0 N–H and O–H groups in total. The fourth-order valence-corrected chi connectivity index (χ4v) is 3.76. The third kappa shape index (κ3) is 5.15. The minimum Gasteiger partial charge on any atom is -0.355 e. The summed E-state index contributed by atoms with van der Waals surface area (Å²) in [6, 6.07) is 17.1. The smallest absolute Gasteiger partial charge is 0.227 e. The van der Waals surface area contributed by atoms with Gasteiger partial charge in [-0.25, -0.2) is 4.98 Å². The highest BCUT2D eigenvalue weighted by atomic mass is 16.2. The number of hydrogen-bond acceptors (Lipinski definition) is 5. The lowest BCUT2D eigenvalue weighted by Crippen LogP contribution is -2.36. The maximum atomic E-state index is 12.8. The van der Waals surface area contributed by atoms with Gasteiger partial charge >= 0.3 is 0 Å². The third-order valence-corrected chi connectivity index (χ3v) is 5.54. The van der Waals surface area contributed by atoms with E-state index in [1.165, 1.54) is 5.56 Å². The molecule has 1 aromatic carbocycles. The van der Waals surface area contributed by atoms with E-state index in [9.17, 15) is 9.59 Å². The second-order valence-electron chi connectivity index (χ2n) is 7.84. The second-order valence-corrected chi connectivity index (χ2v) is 7.84. The highest BCUT2D eigenvalue weighted by Crippen LogP contribution is 2.17. The third-order valence-electron chi connectivity index (χ3n) is 5.54. The van der Waals surface area contributed by atoms with E-state index < -0.39 is 0 Å². The Kier molecular flexibility index (Phi) is 6.36. The molecule has 6 nitrogen and oxygen atoms in total. The first-order valence-electron chi connectivity index (χ1n) is 10.6. The van der Waals surface area contributed by atoms with Crippen molar-refractivity contribution >= 4 is 17.5 Å².